The number of nitrogens with zero attached hydrogens (tertiary/aromatic N) is 1. The number of benzene rings is 2. The van der Waals surface area contributed by atoms with Gasteiger partial charge in [-0.3, -0.25) is 4.79 Å². The van der Waals surface area contributed by atoms with Crippen molar-refractivity contribution in [3.05, 3.63) is 64.7 Å². The molecule has 0 saturated heterocycles. The van der Waals surface area contributed by atoms with Crippen LogP contribution in [0.4, 0.5) is 13.2 Å². The lowest BCUT2D eigenvalue weighted by atomic mass is 10.2. The molecule has 2 rings (SSSR count). The molecule has 0 spiro atoms. The number of carbonyl (C=O) groups is 2. The highest BCUT2D eigenvalue weighted by Gasteiger charge is 2.38. The van der Waals surface area contributed by atoms with Crippen LogP contribution in [0.25, 0.3) is 0 Å². The molecule has 0 aliphatic carbocycles. The molecule has 26 heavy (non-hydrogen) atoms. The number of carboxylic acid groups (broad SMARTS) is 1. The van der Waals surface area contributed by atoms with Gasteiger partial charge in [0.1, 0.15) is 5.75 Å². The topological polar surface area (TPSA) is 99.0 Å². The summed E-state index contributed by atoms with van der Waals surface area (Å²) < 4.78 is 31.7. The number of alkyl halides is 3. The van der Waals surface area contributed by atoms with Crippen molar-refractivity contribution in [1.29, 1.82) is 0 Å². The van der Waals surface area contributed by atoms with E-state index in [9.17, 15) is 23.1 Å². The number of aromatic hydroxyl groups is 1. The minimum Gasteiger partial charge on any atom is -0.507 e. The molecule has 138 valence electrons. The van der Waals surface area contributed by atoms with Crippen molar-refractivity contribution < 1.29 is 33.0 Å². The predicted octanol–water partition coefficient (Wildman–Crippen LogP) is 3.44. The van der Waals surface area contributed by atoms with Gasteiger partial charge in [-0.25, -0.2) is 10.2 Å². The van der Waals surface area contributed by atoms with Gasteiger partial charge in [-0.2, -0.15) is 18.3 Å². The Kier molecular flexibility index (Phi) is 7.60. The van der Waals surface area contributed by atoms with Crippen LogP contribution in [0.2, 0.25) is 5.02 Å². The van der Waals surface area contributed by atoms with Crippen LogP contribution in [0.3, 0.4) is 0 Å². The Bertz CT molecular complexity index is 793. The van der Waals surface area contributed by atoms with Gasteiger partial charge in [0, 0.05) is 5.02 Å². The zero-order valence-electron chi connectivity index (χ0n) is 12.9. The van der Waals surface area contributed by atoms with E-state index in [1.807, 2.05) is 0 Å². The Morgan fingerprint density at radius 2 is 1.62 bits per heavy atom. The highest BCUT2D eigenvalue weighted by Crippen LogP contribution is 2.15. The molecule has 3 N–H and O–H groups in total. The Morgan fingerprint density at radius 1 is 1.08 bits per heavy atom. The van der Waals surface area contributed by atoms with E-state index in [1.165, 1.54) is 18.3 Å². The molecule has 0 unspecified atom stereocenters. The second-order valence-corrected chi connectivity index (χ2v) is 5.01. The van der Waals surface area contributed by atoms with Crippen LogP contribution in [0, 0.1) is 0 Å². The Balaban J connectivity index is 0.000000412. The van der Waals surface area contributed by atoms with Crippen LogP contribution in [0.5, 0.6) is 5.75 Å². The molecule has 0 fully saturated rings. The van der Waals surface area contributed by atoms with Crippen LogP contribution in [-0.4, -0.2) is 34.5 Å². The summed E-state index contributed by atoms with van der Waals surface area (Å²) in [6.45, 7) is 0. The number of carboxylic acids is 1. The average Bonchev–Trinajstić information content (AvgIpc) is 2.56. The van der Waals surface area contributed by atoms with Crippen LogP contribution in [-0.2, 0) is 4.79 Å². The molecule has 0 bridgehead atoms. The summed E-state index contributed by atoms with van der Waals surface area (Å²) in [4.78, 5) is 20.6. The minimum atomic E-state index is -5.08. The van der Waals surface area contributed by atoms with E-state index < -0.39 is 18.1 Å². The van der Waals surface area contributed by atoms with Crippen molar-refractivity contribution in [2.75, 3.05) is 0 Å². The molecule has 0 atom stereocenters. The van der Waals surface area contributed by atoms with Crippen molar-refractivity contribution >= 4 is 29.7 Å². The van der Waals surface area contributed by atoms with Gasteiger partial charge >= 0.3 is 12.1 Å². The summed E-state index contributed by atoms with van der Waals surface area (Å²) >= 11 is 5.75. The molecule has 2 aromatic rings. The molecule has 6 nitrogen and oxygen atoms in total. The van der Waals surface area contributed by atoms with Gasteiger partial charge in [0.05, 0.1) is 11.8 Å². The quantitative estimate of drug-likeness (QED) is 0.554. The highest BCUT2D eigenvalue weighted by molar-refractivity contribution is 6.30. The molecule has 0 aliphatic heterocycles. The van der Waals surface area contributed by atoms with Gasteiger partial charge in [0.25, 0.3) is 5.91 Å². The summed E-state index contributed by atoms with van der Waals surface area (Å²) in [6.07, 6.45) is -3.59. The lowest BCUT2D eigenvalue weighted by molar-refractivity contribution is -0.192. The normalized spacial score (nSPS) is 10.8. The summed E-state index contributed by atoms with van der Waals surface area (Å²) in [5.41, 5.74) is 3.32. The lowest BCUT2D eigenvalue weighted by Crippen LogP contribution is -2.21. The third-order valence-corrected chi connectivity index (χ3v) is 2.89. The number of hydrogen-bond donors (Lipinski definition) is 3. The first kappa shape index (κ1) is 21.0. The molecule has 10 heteroatoms. The first-order chi connectivity index (χ1) is 12.1. The number of carbonyl (C=O) groups excluding carboxylic acids is 1. The second-order valence-electron chi connectivity index (χ2n) is 4.57. The molecule has 0 heterocycles. The molecule has 1 amide bonds. The summed E-state index contributed by atoms with van der Waals surface area (Å²) in [5.74, 6) is -3.31. The van der Waals surface area contributed by atoms with Gasteiger partial charge in [-0.05, 0) is 29.8 Å². The molecule has 0 aliphatic rings. The number of amides is 1. The summed E-state index contributed by atoms with van der Waals surface area (Å²) in [5, 5.41) is 21.1. The number of rotatable bonds is 3. The molecule has 0 aromatic heterocycles. The summed E-state index contributed by atoms with van der Waals surface area (Å²) in [7, 11) is 0. The number of phenols is 1. The third-order valence-electron chi connectivity index (χ3n) is 2.64. The van der Waals surface area contributed by atoms with E-state index in [2.05, 4.69) is 10.5 Å². The highest BCUT2D eigenvalue weighted by atomic mass is 35.5. The van der Waals surface area contributed by atoms with E-state index >= 15 is 0 Å². The SMILES string of the molecule is O=C(N/N=C/c1ccc(Cl)cc1)c1ccccc1O.O=C(O)C(F)(F)F. The summed E-state index contributed by atoms with van der Waals surface area (Å²) in [6, 6.07) is 13.3. The van der Waals surface area contributed by atoms with Gasteiger partial charge in [-0.1, -0.05) is 35.9 Å². The van der Waals surface area contributed by atoms with E-state index in [4.69, 9.17) is 21.5 Å². The van der Waals surface area contributed by atoms with Gasteiger partial charge in [0.2, 0.25) is 0 Å². The van der Waals surface area contributed by atoms with E-state index in [0.717, 1.165) is 5.56 Å². The Morgan fingerprint density at radius 3 is 2.12 bits per heavy atom. The fourth-order valence-electron chi connectivity index (χ4n) is 1.44. The van der Waals surface area contributed by atoms with Gasteiger partial charge in [-0.15, -0.1) is 0 Å². The fourth-order valence-corrected chi connectivity index (χ4v) is 1.57. The van der Waals surface area contributed by atoms with Crippen LogP contribution in [0.15, 0.2) is 53.6 Å². The first-order valence-electron chi connectivity index (χ1n) is 6.78. The second kappa shape index (κ2) is 9.42. The first-order valence-corrected chi connectivity index (χ1v) is 7.16. The number of phenolic OH excluding ortho intramolecular Hbond substituents is 1. The Labute approximate surface area is 150 Å². The molecule has 2 aromatic carbocycles. The van der Waals surface area contributed by atoms with Crippen LogP contribution in [0.1, 0.15) is 15.9 Å². The van der Waals surface area contributed by atoms with Gasteiger partial charge in [0.15, 0.2) is 0 Å². The Hall–Kier alpha value is -3.07. The smallest absolute Gasteiger partial charge is 0.490 e. The van der Waals surface area contributed by atoms with Crippen LogP contribution >= 0.6 is 11.6 Å². The van der Waals surface area contributed by atoms with Crippen molar-refractivity contribution in [3.8, 4) is 5.75 Å². The van der Waals surface area contributed by atoms with E-state index in [-0.39, 0.29) is 11.3 Å². The van der Waals surface area contributed by atoms with Crippen LogP contribution < -0.4 is 5.43 Å². The van der Waals surface area contributed by atoms with Gasteiger partial charge < -0.3 is 10.2 Å². The van der Waals surface area contributed by atoms with E-state index in [1.54, 1.807) is 36.4 Å². The van der Waals surface area contributed by atoms with Crippen molar-refractivity contribution in [1.82, 2.24) is 5.43 Å². The maximum Gasteiger partial charge on any atom is 0.490 e. The number of para-hydroxylation sites is 1. The molecular weight excluding hydrogens is 377 g/mol. The number of hydrogen-bond acceptors (Lipinski definition) is 4. The third kappa shape index (κ3) is 7.22. The zero-order chi connectivity index (χ0) is 19.7. The predicted molar refractivity (Wildman–Crippen MR) is 88.3 cm³/mol. The largest absolute Gasteiger partial charge is 0.507 e. The molecule has 0 radical (unpaired) electrons. The standard InChI is InChI=1S/C14H11ClN2O2.C2HF3O2/c15-11-7-5-10(6-8-11)9-16-17-14(19)12-3-1-2-4-13(12)18;3-2(4,5)1(6)7/h1-9,18H,(H,17,19);(H,6,7)/b16-9+;. The number of halogens is 4. The van der Waals surface area contributed by atoms with Crippen molar-refractivity contribution in [2.45, 2.75) is 6.18 Å². The number of hydrazone groups is 1. The van der Waals surface area contributed by atoms with E-state index in [0.29, 0.717) is 5.02 Å². The lowest BCUT2D eigenvalue weighted by Gasteiger charge is -2.01. The minimum absolute atomic E-state index is 0.0818. The maximum atomic E-state index is 11.7. The maximum absolute atomic E-state index is 11.7. The van der Waals surface area contributed by atoms with Crippen molar-refractivity contribution in [2.24, 2.45) is 5.10 Å². The van der Waals surface area contributed by atoms with Crippen molar-refractivity contribution in [3.63, 3.8) is 0 Å². The monoisotopic (exact) mass is 388 g/mol. The average molecular weight is 389 g/mol. The number of nitrogens with one attached hydrogen (secondary N) is 1. The molecular formula is C16H12ClF3N2O4. The zero-order valence-corrected chi connectivity index (χ0v) is 13.6. The fraction of sp³-hybridized carbons (Fsp3) is 0.0625. The molecule has 0 saturated carbocycles. The number of aliphatic carboxylic acids is 1.